The van der Waals surface area contributed by atoms with Crippen LogP contribution < -0.4 is 10.1 Å². The Morgan fingerprint density at radius 1 is 1.23 bits per heavy atom. The van der Waals surface area contributed by atoms with Gasteiger partial charge in [0.25, 0.3) is 5.91 Å². The maximum Gasteiger partial charge on any atom is 0.410 e. The number of amides is 2. The van der Waals surface area contributed by atoms with E-state index in [1.807, 2.05) is 45.0 Å². The summed E-state index contributed by atoms with van der Waals surface area (Å²) >= 11 is 0. The fraction of sp³-hybridized carbons (Fsp3) is 0.526. The minimum atomic E-state index is -0.825. The second-order valence-corrected chi connectivity index (χ2v) is 7.61. The third-order valence-electron chi connectivity index (χ3n) is 4.58. The van der Waals surface area contributed by atoms with Crippen molar-refractivity contribution in [3.05, 3.63) is 29.8 Å². The minimum absolute atomic E-state index is 0.123. The van der Waals surface area contributed by atoms with Crippen LogP contribution in [-0.2, 0) is 9.53 Å². The van der Waals surface area contributed by atoms with Crippen molar-refractivity contribution in [1.82, 2.24) is 10.2 Å². The second-order valence-electron chi connectivity index (χ2n) is 7.61. The molecule has 0 aliphatic carbocycles. The van der Waals surface area contributed by atoms with E-state index in [0.29, 0.717) is 37.5 Å². The molecule has 140 valence electrons. The Labute approximate surface area is 153 Å². The van der Waals surface area contributed by atoms with Crippen molar-refractivity contribution in [2.45, 2.75) is 44.8 Å². The van der Waals surface area contributed by atoms with Crippen LogP contribution in [0.1, 0.15) is 39.2 Å². The molecule has 0 atom stereocenters. The number of nitrogens with zero attached hydrogens (tertiary/aromatic N) is 2. The third-order valence-corrected chi connectivity index (χ3v) is 4.58. The van der Waals surface area contributed by atoms with Crippen molar-refractivity contribution >= 4 is 17.8 Å². The average molecular weight is 359 g/mol. The molecule has 7 heteroatoms. The summed E-state index contributed by atoms with van der Waals surface area (Å²) in [4.78, 5) is 31.2. The summed E-state index contributed by atoms with van der Waals surface area (Å²) in [5, 5.41) is 2.88. The SMILES string of the molecule is COc1ccccc1C1=NC2(CCN(C(=O)OC(C)(C)C)CC2)C(=O)N1. The Kier molecular flexibility index (Phi) is 4.64. The number of nitrogens with one attached hydrogen (secondary N) is 1. The van der Waals surface area contributed by atoms with Gasteiger partial charge in [0, 0.05) is 13.1 Å². The standard InChI is InChI=1S/C19H25N3O4/c1-18(2,3)26-17(24)22-11-9-19(10-12-22)16(23)20-15(21-19)13-7-5-6-8-14(13)25-4/h5-8H,9-12H2,1-4H3,(H,20,21,23). The number of amidine groups is 1. The van der Waals surface area contributed by atoms with Gasteiger partial charge in [-0.1, -0.05) is 12.1 Å². The van der Waals surface area contributed by atoms with Crippen molar-refractivity contribution in [2.24, 2.45) is 4.99 Å². The van der Waals surface area contributed by atoms with Crippen LogP contribution in [0.25, 0.3) is 0 Å². The van der Waals surface area contributed by atoms with E-state index < -0.39 is 11.1 Å². The maximum absolute atomic E-state index is 12.6. The molecule has 1 saturated heterocycles. The van der Waals surface area contributed by atoms with Crippen molar-refractivity contribution in [3.8, 4) is 5.75 Å². The van der Waals surface area contributed by atoms with E-state index in [4.69, 9.17) is 14.5 Å². The summed E-state index contributed by atoms with van der Waals surface area (Å²) < 4.78 is 10.8. The molecule has 0 unspecified atom stereocenters. The van der Waals surface area contributed by atoms with Crippen molar-refractivity contribution in [1.29, 1.82) is 0 Å². The molecule has 0 bridgehead atoms. The molecule has 1 N–H and O–H groups in total. The van der Waals surface area contributed by atoms with Gasteiger partial charge in [0.2, 0.25) is 0 Å². The molecule has 1 spiro atoms. The van der Waals surface area contributed by atoms with Crippen LogP contribution in [0.4, 0.5) is 4.79 Å². The van der Waals surface area contributed by atoms with Gasteiger partial charge in [-0.15, -0.1) is 0 Å². The summed E-state index contributed by atoms with van der Waals surface area (Å²) in [5.74, 6) is 1.07. The molecule has 1 fully saturated rings. The molecular formula is C19H25N3O4. The topological polar surface area (TPSA) is 80.2 Å². The molecular weight excluding hydrogens is 334 g/mol. The number of hydrogen-bond acceptors (Lipinski definition) is 5. The summed E-state index contributed by atoms with van der Waals surface area (Å²) in [6.07, 6.45) is 0.590. The average Bonchev–Trinajstić information content (AvgIpc) is 2.90. The Bertz CT molecular complexity index is 743. The summed E-state index contributed by atoms with van der Waals surface area (Å²) in [6, 6.07) is 7.45. The fourth-order valence-corrected chi connectivity index (χ4v) is 3.21. The zero-order chi connectivity index (χ0) is 18.9. The molecule has 2 heterocycles. The first-order valence-corrected chi connectivity index (χ1v) is 8.77. The summed E-state index contributed by atoms with van der Waals surface area (Å²) in [5.41, 5.74) is -0.601. The van der Waals surface area contributed by atoms with Crippen LogP contribution in [0.5, 0.6) is 5.75 Å². The molecule has 0 aromatic heterocycles. The highest BCUT2D eigenvalue weighted by Crippen LogP contribution is 2.33. The molecule has 7 nitrogen and oxygen atoms in total. The molecule has 1 aromatic rings. The molecule has 2 aliphatic rings. The first-order valence-electron chi connectivity index (χ1n) is 8.77. The Morgan fingerprint density at radius 3 is 2.50 bits per heavy atom. The van der Waals surface area contributed by atoms with E-state index in [0.717, 1.165) is 5.56 Å². The normalized spacial score (nSPS) is 19.2. The molecule has 2 amide bonds. The second kappa shape index (κ2) is 6.63. The van der Waals surface area contributed by atoms with Gasteiger partial charge in [-0.2, -0.15) is 0 Å². The number of aliphatic imine (C=N–C) groups is 1. The molecule has 0 saturated carbocycles. The minimum Gasteiger partial charge on any atom is -0.496 e. The lowest BCUT2D eigenvalue weighted by Gasteiger charge is -2.36. The molecule has 26 heavy (non-hydrogen) atoms. The van der Waals surface area contributed by atoms with E-state index in [1.165, 1.54) is 0 Å². The number of ether oxygens (including phenoxy) is 2. The monoisotopic (exact) mass is 359 g/mol. The third kappa shape index (κ3) is 3.52. The van der Waals surface area contributed by atoms with E-state index in [2.05, 4.69) is 5.32 Å². The number of rotatable bonds is 2. The predicted octanol–water partition coefficient (Wildman–Crippen LogP) is 2.34. The number of carbonyl (C=O) groups is 2. The predicted molar refractivity (Wildman–Crippen MR) is 97.4 cm³/mol. The van der Waals surface area contributed by atoms with Crippen LogP contribution >= 0.6 is 0 Å². The number of methoxy groups -OCH3 is 1. The zero-order valence-electron chi connectivity index (χ0n) is 15.7. The van der Waals surface area contributed by atoms with Crippen LogP contribution in [0.2, 0.25) is 0 Å². The summed E-state index contributed by atoms with van der Waals surface area (Å²) in [7, 11) is 1.59. The van der Waals surface area contributed by atoms with Gasteiger partial charge < -0.3 is 19.7 Å². The van der Waals surface area contributed by atoms with Gasteiger partial charge in [-0.3, -0.25) is 9.79 Å². The first kappa shape index (κ1) is 18.2. The lowest BCUT2D eigenvalue weighted by molar-refractivity contribution is -0.125. The van der Waals surface area contributed by atoms with Crippen LogP contribution in [0, 0.1) is 0 Å². The number of carbonyl (C=O) groups excluding carboxylic acids is 2. The van der Waals surface area contributed by atoms with Crippen molar-refractivity contribution < 1.29 is 19.1 Å². The summed E-state index contributed by atoms with van der Waals surface area (Å²) in [6.45, 7) is 6.38. The van der Waals surface area contributed by atoms with Gasteiger partial charge in [-0.25, -0.2) is 4.79 Å². The largest absolute Gasteiger partial charge is 0.496 e. The lowest BCUT2D eigenvalue weighted by atomic mass is 9.88. The number of para-hydroxylation sites is 1. The molecule has 2 aliphatic heterocycles. The quantitative estimate of drug-likeness (QED) is 0.879. The fourth-order valence-electron chi connectivity index (χ4n) is 3.21. The van der Waals surface area contributed by atoms with Gasteiger partial charge in [0.05, 0.1) is 12.7 Å². The highest BCUT2D eigenvalue weighted by Gasteiger charge is 2.47. The van der Waals surface area contributed by atoms with Gasteiger partial charge in [-0.05, 0) is 45.7 Å². The number of hydrogen-bond donors (Lipinski definition) is 1. The van der Waals surface area contributed by atoms with Crippen LogP contribution in [0.3, 0.4) is 0 Å². The van der Waals surface area contributed by atoms with Gasteiger partial charge >= 0.3 is 6.09 Å². The van der Waals surface area contributed by atoms with Crippen molar-refractivity contribution in [3.63, 3.8) is 0 Å². The Balaban J connectivity index is 1.75. The van der Waals surface area contributed by atoms with Crippen LogP contribution in [-0.4, -0.2) is 54.1 Å². The lowest BCUT2D eigenvalue weighted by Crippen LogP contribution is -2.51. The maximum atomic E-state index is 12.6. The Hall–Kier alpha value is -2.57. The highest BCUT2D eigenvalue weighted by molar-refractivity contribution is 6.16. The number of benzene rings is 1. The molecule has 0 radical (unpaired) electrons. The Morgan fingerprint density at radius 2 is 1.88 bits per heavy atom. The number of piperidine rings is 1. The number of likely N-dealkylation sites (tertiary alicyclic amines) is 1. The van der Waals surface area contributed by atoms with E-state index in [1.54, 1.807) is 12.0 Å². The molecule has 3 rings (SSSR count). The van der Waals surface area contributed by atoms with Gasteiger partial charge in [0.1, 0.15) is 22.7 Å². The van der Waals surface area contributed by atoms with E-state index >= 15 is 0 Å². The van der Waals surface area contributed by atoms with Gasteiger partial charge in [0.15, 0.2) is 0 Å². The first-order chi connectivity index (χ1) is 12.2. The molecule has 1 aromatic carbocycles. The van der Waals surface area contributed by atoms with Crippen LogP contribution in [0.15, 0.2) is 29.3 Å². The highest BCUT2D eigenvalue weighted by atomic mass is 16.6. The van der Waals surface area contributed by atoms with E-state index in [-0.39, 0.29) is 12.0 Å². The van der Waals surface area contributed by atoms with E-state index in [9.17, 15) is 9.59 Å². The smallest absolute Gasteiger partial charge is 0.410 e. The van der Waals surface area contributed by atoms with Crippen molar-refractivity contribution in [2.75, 3.05) is 20.2 Å². The zero-order valence-corrected chi connectivity index (χ0v) is 15.7.